The molecule has 0 radical (unpaired) electrons. The van der Waals surface area contributed by atoms with Crippen LogP contribution in [-0.4, -0.2) is 9.97 Å². The summed E-state index contributed by atoms with van der Waals surface area (Å²) in [6.45, 7) is 7.24. The molecule has 2 N–H and O–H groups in total. The van der Waals surface area contributed by atoms with Crippen LogP contribution in [0.3, 0.4) is 0 Å². The Balaban J connectivity index is 1.68. The number of fused-ring (bicyclic) bond motifs is 6. The van der Waals surface area contributed by atoms with E-state index < -0.39 is 0 Å². The zero-order valence-electron chi connectivity index (χ0n) is 16.7. The molecule has 2 aromatic carbocycles. The van der Waals surface area contributed by atoms with Crippen molar-refractivity contribution in [3.05, 3.63) is 83.2 Å². The van der Waals surface area contributed by atoms with Crippen LogP contribution in [0.5, 0.6) is 0 Å². The van der Waals surface area contributed by atoms with Crippen molar-refractivity contribution in [3.8, 4) is 0 Å². The summed E-state index contributed by atoms with van der Waals surface area (Å²) in [4.78, 5) is 7.37. The molecule has 0 saturated heterocycles. The van der Waals surface area contributed by atoms with Gasteiger partial charge in [-0.15, -0.1) is 0 Å². The molecule has 2 aliphatic carbocycles. The van der Waals surface area contributed by atoms with Crippen molar-refractivity contribution in [1.29, 1.82) is 0 Å². The maximum absolute atomic E-state index is 3.84. The largest absolute Gasteiger partial charge is 0.361 e. The predicted octanol–water partition coefficient (Wildman–Crippen LogP) is 6.87. The zero-order chi connectivity index (χ0) is 19.0. The van der Waals surface area contributed by atoms with Crippen LogP contribution < -0.4 is 0 Å². The minimum atomic E-state index is 0.254. The molecular formula is C26H26N2. The molecule has 2 heterocycles. The molecule has 28 heavy (non-hydrogen) atoms. The van der Waals surface area contributed by atoms with E-state index in [-0.39, 0.29) is 5.41 Å². The van der Waals surface area contributed by atoms with Gasteiger partial charge in [0.05, 0.1) is 0 Å². The first-order chi connectivity index (χ1) is 13.5. The van der Waals surface area contributed by atoms with Crippen LogP contribution in [0.1, 0.15) is 55.8 Å². The first kappa shape index (κ1) is 16.2. The van der Waals surface area contributed by atoms with Crippen LogP contribution in [0.2, 0.25) is 0 Å². The van der Waals surface area contributed by atoms with Gasteiger partial charge in [-0.2, -0.15) is 0 Å². The van der Waals surface area contributed by atoms with Crippen molar-refractivity contribution in [1.82, 2.24) is 9.97 Å². The smallest absolute Gasteiger partial charge is 0.0459 e. The average molecular weight is 367 g/mol. The Morgan fingerprint density at radius 1 is 0.929 bits per heavy atom. The van der Waals surface area contributed by atoms with E-state index in [1.165, 1.54) is 45.1 Å². The van der Waals surface area contributed by atoms with Crippen LogP contribution >= 0.6 is 0 Å². The Hall–Kier alpha value is -2.74. The Bertz CT molecular complexity index is 1250. The molecule has 0 aliphatic heterocycles. The molecule has 6 rings (SSSR count). The van der Waals surface area contributed by atoms with Gasteiger partial charge in [0.1, 0.15) is 0 Å². The number of rotatable bonds is 1. The molecule has 3 atom stereocenters. The van der Waals surface area contributed by atoms with Gasteiger partial charge in [0.15, 0.2) is 0 Å². The van der Waals surface area contributed by atoms with Crippen LogP contribution in [0.4, 0.5) is 0 Å². The number of allylic oxidation sites excluding steroid dienone is 2. The second-order valence-electron chi connectivity index (χ2n) is 9.50. The van der Waals surface area contributed by atoms with Crippen molar-refractivity contribution >= 4 is 21.8 Å². The molecule has 2 heteroatoms. The van der Waals surface area contributed by atoms with Gasteiger partial charge in [0.25, 0.3) is 0 Å². The van der Waals surface area contributed by atoms with E-state index in [9.17, 15) is 0 Å². The molecule has 4 aromatic rings. The third-order valence-electron chi connectivity index (χ3n) is 7.18. The molecule has 0 spiro atoms. The van der Waals surface area contributed by atoms with E-state index in [1.54, 1.807) is 5.56 Å². The Morgan fingerprint density at radius 2 is 1.64 bits per heavy atom. The summed E-state index contributed by atoms with van der Waals surface area (Å²) in [5.74, 6) is 1.42. The van der Waals surface area contributed by atoms with E-state index >= 15 is 0 Å². The van der Waals surface area contributed by atoms with Gasteiger partial charge in [0.2, 0.25) is 0 Å². The summed E-state index contributed by atoms with van der Waals surface area (Å²) in [6.07, 6.45) is 6.00. The number of H-pyrrole nitrogens is 2. The number of benzene rings is 2. The standard InChI is InChI=1S/C26H26N2/c1-15-12-18-22(19-14-27-20-10-6-4-8-16(19)20)25-23(24(18)26(2,3)13-15)17-9-5-7-11-21(17)28-25/h4-12,14,18,22,24,27-28H,13H2,1-3H3/t18-,22+,24-/m1/s1. The molecule has 0 unspecified atom stereocenters. The van der Waals surface area contributed by atoms with E-state index in [4.69, 9.17) is 0 Å². The van der Waals surface area contributed by atoms with Gasteiger partial charge in [-0.1, -0.05) is 61.9 Å². The third kappa shape index (κ3) is 2.03. The fourth-order valence-corrected chi connectivity index (χ4v) is 6.38. The highest BCUT2D eigenvalue weighted by molar-refractivity contribution is 5.89. The van der Waals surface area contributed by atoms with Crippen LogP contribution in [0, 0.1) is 11.3 Å². The highest BCUT2D eigenvalue weighted by Gasteiger charge is 2.51. The van der Waals surface area contributed by atoms with E-state index in [0.29, 0.717) is 17.8 Å². The highest BCUT2D eigenvalue weighted by atomic mass is 14.8. The highest BCUT2D eigenvalue weighted by Crippen LogP contribution is 2.62. The maximum Gasteiger partial charge on any atom is 0.0459 e. The number of hydrogen-bond donors (Lipinski definition) is 2. The lowest BCUT2D eigenvalue weighted by molar-refractivity contribution is 0.224. The summed E-state index contributed by atoms with van der Waals surface area (Å²) >= 11 is 0. The van der Waals surface area contributed by atoms with Gasteiger partial charge in [-0.3, -0.25) is 0 Å². The van der Waals surface area contributed by atoms with Crippen LogP contribution in [-0.2, 0) is 0 Å². The number of aromatic amines is 2. The molecule has 2 nitrogen and oxygen atoms in total. The average Bonchev–Trinajstić information content (AvgIpc) is 3.31. The van der Waals surface area contributed by atoms with Gasteiger partial charge in [-0.25, -0.2) is 0 Å². The lowest BCUT2D eigenvalue weighted by atomic mass is 9.62. The van der Waals surface area contributed by atoms with Gasteiger partial charge in [0, 0.05) is 39.6 Å². The Morgan fingerprint density at radius 3 is 2.46 bits per heavy atom. The molecule has 0 amide bonds. The summed E-state index contributed by atoms with van der Waals surface area (Å²) < 4.78 is 0. The fourth-order valence-electron chi connectivity index (χ4n) is 6.38. The van der Waals surface area contributed by atoms with Crippen molar-refractivity contribution in [3.63, 3.8) is 0 Å². The lowest BCUT2D eigenvalue weighted by Gasteiger charge is -2.41. The zero-order valence-corrected chi connectivity index (χ0v) is 16.7. The summed E-state index contributed by atoms with van der Waals surface area (Å²) in [5.41, 5.74) is 8.71. The topological polar surface area (TPSA) is 31.6 Å². The molecule has 0 fully saturated rings. The van der Waals surface area contributed by atoms with E-state index in [0.717, 1.165) is 0 Å². The first-order valence-corrected chi connectivity index (χ1v) is 10.4. The summed E-state index contributed by atoms with van der Waals surface area (Å²) in [5, 5.41) is 2.77. The van der Waals surface area contributed by atoms with E-state index in [1.807, 2.05) is 0 Å². The number of hydrogen-bond acceptors (Lipinski definition) is 0. The summed E-state index contributed by atoms with van der Waals surface area (Å²) in [6, 6.07) is 17.6. The number of aromatic nitrogens is 2. The lowest BCUT2D eigenvalue weighted by Crippen LogP contribution is -2.30. The first-order valence-electron chi connectivity index (χ1n) is 10.4. The number of nitrogens with one attached hydrogen (secondary N) is 2. The molecule has 2 aromatic heterocycles. The van der Waals surface area contributed by atoms with Gasteiger partial charge < -0.3 is 9.97 Å². The quantitative estimate of drug-likeness (QED) is 0.344. The minimum Gasteiger partial charge on any atom is -0.361 e. The second-order valence-corrected chi connectivity index (χ2v) is 9.50. The molecule has 2 aliphatic rings. The minimum absolute atomic E-state index is 0.254. The van der Waals surface area contributed by atoms with Crippen molar-refractivity contribution < 1.29 is 0 Å². The molecule has 140 valence electrons. The van der Waals surface area contributed by atoms with Gasteiger partial charge in [-0.05, 0) is 53.9 Å². The Labute approximate surface area is 165 Å². The van der Waals surface area contributed by atoms with Crippen LogP contribution in [0.15, 0.2) is 66.4 Å². The summed E-state index contributed by atoms with van der Waals surface area (Å²) in [7, 11) is 0. The fraction of sp³-hybridized carbons (Fsp3) is 0.308. The van der Waals surface area contributed by atoms with Crippen molar-refractivity contribution in [2.45, 2.75) is 39.0 Å². The van der Waals surface area contributed by atoms with E-state index in [2.05, 4.69) is 91.5 Å². The predicted molar refractivity (Wildman–Crippen MR) is 117 cm³/mol. The van der Waals surface area contributed by atoms with Crippen molar-refractivity contribution in [2.75, 3.05) is 0 Å². The maximum atomic E-state index is 3.84. The van der Waals surface area contributed by atoms with Gasteiger partial charge >= 0.3 is 0 Å². The molecular weight excluding hydrogens is 340 g/mol. The van der Waals surface area contributed by atoms with Crippen LogP contribution in [0.25, 0.3) is 21.8 Å². The van der Waals surface area contributed by atoms with Crippen molar-refractivity contribution in [2.24, 2.45) is 11.3 Å². The second kappa shape index (κ2) is 5.41. The Kier molecular flexibility index (Phi) is 3.14. The third-order valence-corrected chi connectivity index (χ3v) is 7.18. The monoisotopic (exact) mass is 366 g/mol. The SMILES string of the molecule is CC1=C[C@@H]2[C@@H](c3c[nH]c4ccccc34)c3[nH]c4ccccc4c3[C@@H]2C(C)(C)C1. The number of para-hydroxylation sites is 2. The normalized spacial score (nSPS) is 25.7. The molecule has 0 bridgehead atoms. The molecule has 0 saturated carbocycles.